The lowest BCUT2D eigenvalue weighted by atomic mass is 10.1. The number of ether oxygens (including phenoxy) is 1. The Labute approximate surface area is 130 Å². The van der Waals surface area contributed by atoms with Crippen LogP contribution >= 0.6 is 0 Å². The Morgan fingerprint density at radius 2 is 2.14 bits per heavy atom. The molecule has 7 nitrogen and oxygen atoms in total. The highest BCUT2D eigenvalue weighted by molar-refractivity contribution is 5.91. The van der Waals surface area contributed by atoms with Gasteiger partial charge in [0.05, 0.1) is 6.04 Å². The second-order valence-electron chi connectivity index (χ2n) is 6.48. The molecule has 0 aromatic carbocycles. The third-order valence-electron chi connectivity index (χ3n) is 3.49. The number of hydrogen-bond acceptors (Lipinski definition) is 4. The zero-order valence-electron chi connectivity index (χ0n) is 13.6. The summed E-state index contributed by atoms with van der Waals surface area (Å²) in [5.41, 5.74) is -0.112. The predicted octanol–water partition coefficient (Wildman–Crippen LogP) is 1.81. The van der Waals surface area contributed by atoms with Gasteiger partial charge in [0.25, 0.3) is 5.91 Å². The molecule has 1 aromatic rings. The number of nitrogens with one attached hydrogen (secondary N) is 1. The summed E-state index contributed by atoms with van der Waals surface area (Å²) < 4.78 is 7.18. The van der Waals surface area contributed by atoms with Crippen molar-refractivity contribution in [3.05, 3.63) is 18.0 Å². The Bertz CT molecular complexity index is 547. The van der Waals surface area contributed by atoms with Crippen molar-refractivity contribution in [3.8, 4) is 0 Å². The van der Waals surface area contributed by atoms with Crippen molar-refractivity contribution in [1.82, 2.24) is 20.0 Å². The first kappa shape index (κ1) is 16.3. The molecule has 2 heterocycles. The van der Waals surface area contributed by atoms with Gasteiger partial charge in [-0.1, -0.05) is 0 Å². The number of carbonyl (C=O) groups is 2. The Morgan fingerprint density at radius 1 is 1.41 bits per heavy atom. The fourth-order valence-electron chi connectivity index (χ4n) is 2.45. The average molecular weight is 308 g/mol. The van der Waals surface area contributed by atoms with Crippen molar-refractivity contribution >= 4 is 12.0 Å². The number of carbonyl (C=O) groups excluding carboxylic acids is 2. The van der Waals surface area contributed by atoms with Gasteiger partial charge in [0, 0.05) is 26.3 Å². The minimum absolute atomic E-state index is 0.0691. The van der Waals surface area contributed by atoms with Crippen molar-refractivity contribution in [1.29, 1.82) is 0 Å². The maximum atomic E-state index is 12.2. The molecule has 22 heavy (non-hydrogen) atoms. The topological polar surface area (TPSA) is 76.5 Å². The molecule has 1 atom stereocenters. The number of amides is 2. The smallest absolute Gasteiger partial charge is 0.410 e. The number of piperidine rings is 1. The van der Waals surface area contributed by atoms with Gasteiger partial charge in [0.1, 0.15) is 11.3 Å². The second kappa shape index (κ2) is 6.37. The largest absolute Gasteiger partial charge is 0.444 e. The van der Waals surface area contributed by atoms with Crippen molar-refractivity contribution < 1.29 is 14.3 Å². The minimum Gasteiger partial charge on any atom is -0.444 e. The summed E-state index contributed by atoms with van der Waals surface area (Å²) in [5.74, 6) is -0.210. The molecule has 1 N–H and O–H groups in total. The zero-order chi connectivity index (χ0) is 16.3. The molecule has 1 aromatic heterocycles. The third-order valence-corrected chi connectivity index (χ3v) is 3.49. The van der Waals surface area contributed by atoms with Crippen LogP contribution in [0.15, 0.2) is 12.3 Å². The van der Waals surface area contributed by atoms with Gasteiger partial charge >= 0.3 is 6.09 Å². The first-order chi connectivity index (χ1) is 10.3. The van der Waals surface area contributed by atoms with E-state index in [1.165, 1.54) is 0 Å². The van der Waals surface area contributed by atoms with E-state index < -0.39 is 5.60 Å². The highest BCUT2D eigenvalue weighted by atomic mass is 16.6. The maximum Gasteiger partial charge on any atom is 0.410 e. The van der Waals surface area contributed by atoms with E-state index in [9.17, 15) is 9.59 Å². The predicted molar refractivity (Wildman–Crippen MR) is 81.7 cm³/mol. The monoisotopic (exact) mass is 308 g/mol. The van der Waals surface area contributed by atoms with E-state index in [1.54, 1.807) is 28.9 Å². The Morgan fingerprint density at radius 3 is 2.77 bits per heavy atom. The van der Waals surface area contributed by atoms with Gasteiger partial charge in [0.15, 0.2) is 0 Å². The van der Waals surface area contributed by atoms with E-state index in [4.69, 9.17) is 4.74 Å². The van der Waals surface area contributed by atoms with Crippen LogP contribution in [0.1, 0.15) is 50.1 Å². The zero-order valence-corrected chi connectivity index (χ0v) is 13.6. The van der Waals surface area contributed by atoms with Gasteiger partial charge in [-0.2, -0.15) is 5.10 Å². The molecule has 1 aliphatic rings. The number of hydrogen-bond donors (Lipinski definition) is 1. The fourth-order valence-corrected chi connectivity index (χ4v) is 2.45. The SMILES string of the molecule is CNC(=O)c1ccn(C2CCCN(C(=O)OC(C)(C)C)C2)n1. The van der Waals surface area contributed by atoms with E-state index in [1.807, 2.05) is 20.8 Å². The summed E-state index contributed by atoms with van der Waals surface area (Å²) in [6.07, 6.45) is 3.30. The van der Waals surface area contributed by atoms with Gasteiger partial charge in [-0.15, -0.1) is 0 Å². The van der Waals surface area contributed by atoms with Gasteiger partial charge in [-0.25, -0.2) is 4.79 Å². The molecule has 0 bridgehead atoms. The van der Waals surface area contributed by atoms with Gasteiger partial charge in [0.2, 0.25) is 0 Å². The van der Waals surface area contributed by atoms with Crippen LogP contribution in [0.25, 0.3) is 0 Å². The Kier molecular flexibility index (Phi) is 4.73. The molecule has 0 saturated carbocycles. The Balaban J connectivity index is 2.03. The molecule has 0 spiro atoms. The van der Waals surface area contributed by atoms with E-state index in [0.29, 0.717) is 18.8 Å². The van der Waals surface area contributed by atoms with E-state index in [-0.39, 0.29) is 18.0 Å². The van der Waals surface area contributed by atoms with Crippen molar-refractivity contribution in [3.63, 3.8) is 0 Å². The summed E-state index contributed by atoms with van der Waals surface area (Å²) in [7, 11) is 1.58. The molecule has 0 radical (unpaired) electrons. The number of nitrogens with zero attached hydrogens (tertiary/aromatic N) is 3. The highest BCUT2D eigenvalue weighted by Crippen LogP contribution is 2.22. The molecular formula is C15H24N4O3. The Hall–Kier alpha value is -2.05. The van der Waals surface area contributed by atoms with Gasteiger partial charge in [-0.3, -0.25) is 9.48 Å². The summed E-state index contributed by atoms with van der Waals surface area (Å²) in [6, 6.07) is 1.75. The fraction of sp³-hybridized carbons (Fsp3) is 0.667. The van der Waals surface area contributed by atoms with Crippen LogP contribution in [0, 0.1) is 0 Å². The average Bonchev–Trinajstić information content (AvgIpc) is 2.94. The number of aromatic nitrogens is 2. The summed E-state index contributed by atoms with van der Waals surface area (Å²) in [4.78, 5) is 25.4. The van der Waals surface area contributed by atoms with E-state index >= 15 is 0 Å². The second-order valence-corrected chi connectivity index (χ2v) is 6.48. The molecule has 1 unspecified atom stereocenters. The van der Waals surface area contributed by atoms with Crippen molar-refractivity contribution in [2.24, 2.45) is 0 Å². The lowest BCUT2D eigenvalue weighted by molar-refractivity contribution is 0.0167. The van der Waals surface area contributed by atoms with Crippen LogP contribution in [0.3, 0.4) is 0 Å². The first-order valence-electron chi connectivity index (χ1n) is 7.55. The number of rotatable bonds is 2. The highest BCUT2D eigenvalue weighted by Gasteiger charge is 2.28. The van der Waals surface area contributed by atoms with Crippen LogP contribution in [0.2, 0.25) is 0 Å². The number of likely N-dealkylation sites (tertiary alicyclic amines) is 1. The molecule has 2 rings (SSSR count). The molecule has 1 aliphatic heterocycles. The van der Waals surface area contributed by atoms with Crippen molar-refractivity contribution in [2.45, 2.75) is 45.3 Å². The summed E-state index contributed by atoms with van der Waals surface area (Å²) >= 11 is 0. The molecule has 1 fully saturated rings. The van der Waals surface area contributed by atoms with Crippen LogP contribution < -0.4 is 5.32 Å². The lowest BCUT2D eigenvalue weighted by Gasteiger charge is -2.34. The first-order valence-corrected chi connectivity index (χ1v) is 7.55. The molecule has 122 valence electrons. The van der Waals surface area contributed by atoms with Gasteiger partial charge in [-0.05, 0) is 39.7 Å². The quantitative estimate of drug-likeness (QED) is 0.904. The van der Waals surface area contributed by atoms with Crippen LogP contribution in [0.5, 0.6) is 0 Å². The van der Waals surface area contributed by atoms with E-state index in [0.717, 1.165) is 12.8 Å². The standard InChI is InChI=1S/C15H24N4O3/c1-15(2,3)22-14(21)18-8-5-6-11(10-18)19-9-7-12(17-19)13(20)16-4/h7,9,11H,5-6,8,10H2,1-4H3,(H,16,20). The van der Waals surface area contributed by atoms with Crippen molar-refractivity contribution in [2.75, 3.05) is 20.1 Å². The van der Waals surface area contributed by atoms with Crippen LogP contribution in [-0.4, -0.2) is 52.4 Å². The molecule has 0 aliphatic carbocycles. The van der Waals surface area contributed by atoms with Crippen LogP contribution in [-0.2, 0) is 4.74 Å². The molecule has 1 saturated heterocycles. The molecule has 7 heteroatoms. The normalized spacial score (nSPS) is 18.9. The maximum absolute atomic E-state index is 12.2. The summed E-state index contributed by atoms with van der Waals surface area (Å²) in [6.45, 7) is 6.80. The van der Waals surface area contributed by atoms with Gasteiger partial charge < -0.3 is 15.0 Å². The summed E-state index contributed by atoms with van der Waals surface area (Å²) in [5, 5.41) is 6.85. The third kappa shape index (κ3) is 3.99. The van der Waals surface area contributed by atoms with Crippen LogP contribution in [0.4, 0.5) is 4.79 Å². The molecular weight excluding hydrogens is 284 g/mol. The molecule has 2 amide bonds. The minimum atomic E-state index is -0.498. The lowest BCUT2D eigenvalue weighted by Crippen LogP contribution is -2.43. The van der Waals surface area contributed by atoms with E-state index in [2.05, 4.69) is 10.4 Å².